The van der Waals surface area contributed by atoms with E-state index in [1.807, 2.05) is 18.2 Å². The van der Waals surface area contributed by atoms with Gasteiger partial charge in [0.25, 0.3) is 0 Å². The number of carbonyl (C=O) groups is 1. The molecule has 2 aromatic carbocycles. The van der Waals surface area contributed by atoms with Gasteiger partial charge in [-0.25, -0.2) is 4.79 Å². The Balaban J connectivity index is 1.35. The molecule has 1 unspecified atom stereocenters. The van der Waals surface area contributed by atoms with E-state index in [2.05, 4.69) is 33.0 Å². The number of hydrogen-bond donors (Lipinski definition) is 1. The van der Waals surface area contributed by atoms with Crippen LogP contribution in [0.1, 0.15) is 65.4 Å². The van der Waals surface area contributed by atoms with Crippen molar-refractivity contribution >= 4 is 11.8 Å². The van der Waals surface area contributed by atoms with E-state index in [1.165, 1.54) is 25.7 Å². The lowest BCUT2D eigenvalue weighted by atomic mass is 9.44. The summed E-state index contributed by atoms with van der Waals surface area (Å²) in [6.07, 6.45) is 6.66. The zero-order chi connectivity index (χ0) is 24.1. The molecule has 34 heavy (non-hydrogen) atoms. The van der Waals surface area contributed by atoms with Crippen LogP contribution in [0.4, 0.5) is 10.5 Å². The van der Waals surface area contributed by atoms with Crippen LogP contribution < -0.4 is 19.5 Å². The number of nitrogens with one attached hydrogen (secondary N) is 1. The molecule has 1 aliphatic heterocycles. The average Bonchev–Trinajstić information content (AvgIpc) is 2.78. The van der Waals surface area contributed by atoms with E-state index >= 15 is 0 Å². The molecule has 2 fully saturated rings. The molecule has 1 amide bonds. The second-order valence-electron chi connectivity index (χ2n) is 11.6. The topological polar surface area (TPSA) is 56.8 Å². The van der Waals surface area contributed by atoms with Crippen LogP contribution in [0.5, 0.6) is 17.2 Å². The van der Waals surface area contributed by atoms with Gasteiger partial charge < -0.3 is 14.2 Å². The van der Waals surface area contributed by atoms with Gasteiger partial charge in [0.1, 0.15) is 22.8 Å². The second-order valence-corrected chi connectivity index (χ2v) is 11.6. The Bertz CT molecular complexity index is 1080. The van der Waals surface area contributed by atoms with Crippen LogP contribution in [0.15, 0.2) is 42.5 Å². The minimum Gasteiger partial charge on any atom is -0.497 e. The van der Waals surface area contributed by atoms with Crippen LogP contribution in [0, 0.1) is 22.7 Å². The lowest BCUT2D eigenvalue weighted by Crippen LogP contribution is -2.61. The standard InChI is InChI=1S/C29H37NO4/c1-27(2)14-6-15-28(3)24(27)13-16-29(4)25(28)18-19-17-22(11-12-23(19)34-29)33-26(31)30-20-7-9-21(32-5)10-8-20/h7-12,17,24-25H,6,13-16,18H2,1-5H3,(H,30,31)/t24?,25-,28+,29-/m1/s1. The lowest BCUT2D eigenvalue weighted by Gasteiger charge is -2.63. The molecule has 2 aliphatic carbocycles. The van der Waals surface area contributed by atoms with E-state index in [9.17, 15) is 4.79 Å². The van der Waals surface area contributed by atoms with Crippen molar-refractivity contribution in [3.05, 3.63) is 48.0 Å². The van der Waals surface area contributed by atoms with Gasteiger partial charge in [-0.3, -0.25) is 5.32 Å². The van der Waals surface area contributed by atoms with Crippen molar-refractivity contribution < 1.29 is 19.0 Å². The highest BCUT2D eigenvalue weighted by Gasteiger charge is 2.60. The van der Waals surface area contributed by atoms with Gasteiger partial charge >= 0.3 is 6.09 Å². The van der Waals surface area contributed by atoms with Gasteiger partial charge in [-0.1, -0.05) is 27.2 Å². The van der Waals surface area contributed by atoms with Crippen LogP contribution in [-0.4, -0.2) is 18.8 Å². The molecule has 2 saturated carbocycles. The summed E-state index contributed by atoms with van der Waals surface area (Å²) in [4.78, 5) is 12.5. The number of hydrogen-bond acceptors (Lipinski definition) is 4. The van der Waals surface area contributed by atoms with Crippen molar-refractivity contribution in [3.63, 3.8) is 0 Å². The number of anilines is 1. The number of carbonyl (C=O) groups excluding carboxylic acids is 1. The largest absolute Gasteiger partial charge is 0.497 e. The summed E-state index contributed by atoms with van der Waals surface area (Å²) < 4.78 is 17.5. The number of ether oxygens (including phenoxy) is 3. The van der Waals surface area contributed by atoms with E-state index in [-0.39, 0.29) is 11.0 Å². The van der Waals surface area contributed by atoms with Crippen molar-refractivity contribution in [2.75, 3.05) is 12.4 Å². The van der Waals surface area contributed by atoms with Gasteiger partial charge in [0, 0.05) is 11.6 Å². The van der Waals surface area contributed by atoms with E-state index in [0.717, 1.165) is 29.9 Å². The molecule has 3 aliphatic rings. The third-order valence-corrected chi connectivity index (χ3v) is 9.08. The summed E-state index contributed by atoms with van der Waals surface area (Å²) in [5.41, 5.74) is 2.29. The maximum Gasteiger partial charge on any atom is 0.417 e. The molecule has 0 saturated heterocycles. The maximum atomic E-state index is 12.5. The first-order valence-corrected chi connectivity index (χ1v) is 12.6. The fraction of sp³-hybridized carbons (Fsp3) is 0.552. The molecule has 2 aromatic rings. The first kappa shape index (κ1) is 23.1. The van der Waals surface area contributed by atoms with E-state index < -0.39 is 6.09 Å². The second kappa shape index (κ2) is 8.21. The van der Waals surface area contributed by atoms with Gasteiger partial charge in [-0.05, 0) is 104 Å². The Morgan fingerprint density at radius 1 is 0.971 bits per heavy atom. The molecule has 0 bridgehead atoms. The fourth-order valence-electron chi connectivity index (χ4n) is 7.45. The van der Waals surface area contributed by atoms with Crippen LogP contribution >= 0.6 is 0 Å². The highest BCUT2D eigenvalue weighted by Crippen LogP contribution is 2.64. The van der Waals surface area contributed by atoms with Crippen LogP contribution in [0.2, 0.25) is 0 Å². The zero-order valence-corrected chi connectivity index (χ0v) is 21.1. The summed E-state index contributed by atoms with van der Waals surface area (Å²) in [6, 6.07) is 12.9. The summed E-state index contributed by atoms with van der Waals surface area (Å²) in [5.74, 6) is 3.37. The Kier molecular flexibility index (Phi) is 5.57. The Labute approximate surface area is 203 Å². The van der Waals surface area contributed by atoms with Crippen molar-refractivity contribution in [2.45, 2.75) is 71.8 Å². The van der Waals surface area contributed by atoms with Gasteiger partial charge in [0.05, 0.1) is 7.11 Å². The summed E-state index contributed by atoms with van der Waals surface area (Å²) >= 11 is 0. The van der Waals surface area contributed by atoms with Gasteiger partial charge in [-0.2, -0.15) is 0 Å². The first-order valence-electron chi connectivity index (χ1n) is 12.6. The number of benzene rings is 2. The normalized spacial score (nSPS) is 31.2. The molecule has 4 atom stereocenters. The molecule has 5 rings (SSSR count). The van der Waals surface area contributed by atoms with Crippen LogP contribution in [0.3, 0.4) is 0 Å². The number of methoxy groups -OCH3 is 1. The molecule has 5 nitrogen and oxygen atoms in total. The third kappa shape index (κ3) is 3.93. The van der Waals surface area contributed by atoms with Crippen molar-refractivity contribution in [3.8, 4) is 17.2 Å². The van der Waals surface area contributed by atoms with Crippen LogP contribution in [-0.2, 0) is 6.42 Å². The maximum absolute atomic E-state index is 12.5. The minimum absolute atomic E-state index is 0.139. The quantitative estimate of drug-likeness (QED) is 0.521. The van der Waals surface area contributed by atoms with Crippen molar-refractivity contribution in [2.24, 2.45) is 22.7 Å². The SMILES string of the molecule is COc1ccc(NC(=O)Oc2ccc3c(c2)C[C@H]2[C@@](C)(CCC4C(C)(C)CCC[C@@]42C)O3)cc1. The van der Waals surface area contributed by atoms with Gasteiger partial charge in [0.2, 0.25) is 0 Å². The molecule has 0 aromatic heterocycles. The van der Waals surface area contributed by atoms with Gasteiger partial charge in [-0.15, -0.1) is 0 Å². The predicted molar refractivity (Wildman–Crippen MR) is 134 cm³/mol. The average molecular weight is 464 g/mol. The number of rotatable bonds is 3. The Morgan fingerprint density at radius 2 is 1.71 bits per heavy atom. The molecular formula is C29H37NO4. The first-order chi connectivity index (χ1) is 16.1. The lowest BCUT2D eigenvalue weighted by molar-refractivity contribution is -0.162. The summed E-state index contributed by atoms with van der Waals surface area (Å²) in [5, 5.41) is 2.78. The Morgan fingerprint density at radius 3 is 2.44 bits per heavy atom. The highest BCUT2D eigenvalue weighted by molar-refractivity contribution is 5.86. The molecule has 0 spiro atoms. The highest BCUT2D eigenvalue weighted by atomic mass is 16.6. The van der Waals surface area contributed by atoms with E-state index in [0.29, 0.717) is 28.7 Å². The van der Waals surface area contributed by atoms with Gasteiger partial charge in [0.15, 0.2) is 0 Å². The molecular weight excluding hydrogens is 426 g/mol. The molecule has 182 valence electrons. The molecule has 5 heteroatoms. The van der Waals surface area contributed by atoms with E-state index in [4.69, 9.17) is 14.2 Å². The summed E-state index contributed by atoms with van der Waals surface area (Å²) in [7, 11) is 1.61. The monoisotopic (exact) mass is 463 g/mol. The van der Waals surface area contributed by atoms with Crippen molar-refractivity contribution in [1.29, 1.82) is 0 Å². The van der Waals surface area contributed by atoms with Crippen molar-refractivity contribution in [1.82, 2.24) is 0 Å². The zero-order valence-electron chi connectivity index (χ0n) is 21.1. The molecule has 1 heterocycles. The number of fused-ring (bicyclic) bond motifs is 4. The van der Waals surface area contributed by atoms with Crippen LogP contribution in [0.25, 0.3) is 0 Å². The smallest absolute Gasteiger partial charge is 0.417 e. The minimum atomic E-state index is -0.509. The Hall–Kier alpha value is -2.69. The molecule has 1 N–H and O–H groups in total. The van der Waals surface area contributed by atoms with E-state index in [1.54, 1.807) is 31.4 Å². The third-order valence-electron chi connectivity index (χ3n) is 9.08. The molecule has 0 radical (unpaired) electrons. The fourth-order valence-corrected chi connectivity index (χ4v) is 7.45. The predicted octanol–water partition coefficient (Wildman–Crippen LogP) is 7.24. The summed E-state index contributed by atoms with van der Waals surface area (Å²) in [6.45, 7) is 9.75. The number of amides is 1.